The van der Waals surface area contributed by atoms with Gasteiger partial charge in [-0.15, -0.1) is 0 Å². The molecule has 1 aromatic carbocycles. The van der Waals surface area contributed by atoms with Crippen LogP contribution in [0.1, 0.15) is 50.7 Å². The van der Waals surface area contributed by atoms with Crippen LogP contribution in [0.15, 0.2) is 12.1 Å². The number of nitrogens with zero attached hydrogens (tertiary/aromatic N) is 1. The molecule has 0 saturated heterocycles. The minimum absolute atomic E-state index is 0.550. The third kappa shape index (κ3) is 2.63. The van der Waals surface area contributed by atoms with Gasteiger partial charge in [0, 0.05) is 13.1 Å². The summed E-state index contributed by atoms with van der Waals surface area (Å²) in [6, 6.07) is 4.34. The molecule has 100 valence electrons. The van der Waals surface area contributed by atoms with Crippen LogP contribution in [0, 0.1) is 0 Å². The molecule has 1 aromatic rings. The van der Waals surface area contributed by atoms with Crippen LogP contribution in [0.5, 0.6) is 5.75 Å². The molecule has 0 aromatic heterocycles. The van der Waals surface area contributed by atoms with Crippen LogP contribution in [0.3, 0.4) is 0 Å². The summed E-state index contributed by atoms with van der Waals surface area (Å²) in [6.07, 6.45) is 6.89. The van der Waals surface area contributed by atoms with E-state index in [4.69, 9.17) is 0 Å². The van der Waals surface area contributed by atoms with E-state index in [1.54, 1.807) is 0 Å². The molecular formula is C16H25NO. The second-order valence-corrected chi connectivity index (χ2v) is 5.27. The van der Waals surface area contributed by atoms with E-state index in [0.717, 1.165) is 44.5 Å². The normalized spacial score (nSPS) is 14.3. The summed E-state index contributed by atoms with van der Waals surface area (Å²) < 4.78 is 0. The van der Waals surface area contributed by atoms with Crippen molar-refractivity contribution in [2.24, 2.45) is 0 Å². The Bertz CT molecular complexity index is 394. The Morgan fingerprint density at radius 3 is 2.39 bits per heavy atom. The third-order valence-electron chi connectivity index (χ3n) is 3.81. The summed E-state index contributed by atoms with van der Waals surface area (Å²) in [4.78, 5) is 2.32. The van der Waals surface area contributed by atoms with Gasteiger partial charge in [0.2, 0.25) is 0 Å². The summed E-state index contributed by atoms with van der Waals surface area (Å²) in [5.41, 5.74) is 3.60. The third-order valence-corrected chi connectivity index (χ3v) is 3.81. The molecule has 0 saturated carbocycles. The average molecular weight is 247 g/mol. The Morgan fingerprint density at radius 1 is 1.06 bits per heavy atom. The van der Waals surface area contributed by atoms with E-state index in [1.165, 1.54) is 24.0 Å². The molecule has 2 heteroatoms. The monoisotopic (exact) mass is 247 g/mol. The van der Waals surface area contributed by atoms with Crippen molar-refractivity contribution < 1.29 is 5.11 Å². The molecular weight excluding hydrogens is 222 g/mol. The highest BCUT2D eigenvalue weighted by molar-refractivity contribution is 5.63. The molecule has 1 N–H and O–H groups in total. The number of phenols is 1. The number of aryl methyl sites for hydroxylation is 1. The largest absolute Gasteiger partial charge is 0.505 e. The van der Waals surface area contributed by atoms with E-state index in [2.05, 4.69) is 30.9 Å². The molecule has 0 unspecified atom stereocenters. The Morgan fingerprint density at radius 2 is 1.72 bits per heavy atom. The molecule has 1 aliphatic carbocycles. The van der Waals surface area contributed by atoms with E-state index in [1.807, 2.05) is 0 Å². The van der Waals surface area contributed by atoms with Crippen molar-refractivity contribution >= 4 is 5.69 Å². The number of rotatable bonds is 5. The molecule has 0 spiro atoms. The number of hydrogen-bond acceptors (Lipinski definition) is 2. The van der Waals surface area contributed by atoms with Crippen molar-refractivity contribution in [1.29, 1.82) is 0 Å². The number of aromatic hydroxyl groups is 1. The lowest BCUT2D eigenvalue weighted by atomic mass is 9.90. The molecule has 2 nitrogen and oxygen atoms in total. The van der Waals surface area contributed by atoms with Crippen LogP contribution in [-0.2, 0) is 12.8 Å². The topological polar surface area (TPSA) is 23.5 Å². The lowest BCUT2D eigenvalue weighted by molar-refractivity contribution is 0.460. The first-order chi connectivity index (χ1) is 8.77. The van der Waals surface area contributed by atoms with Crippen molar-refractivity contribution in [2.75, 3.05) is 18.0 Å². The van der Waals surface area contributed by atoms with E-state index < -0.39 is 0 Å². The fourth-order valence-corrected chi connectivity index (χ4v) is 2.94. The van der Waals surface area contributed by atoms with Gasteiger partial charge in [-0.05, 0) is 55.7 Å². The zero-order valence-electron chi connectivity index (χ0n) is 11.7. The molecule has 0 heterocycles. The highest BCUT2D eigenvalue weighted by atomic mass is 16.3. The molecule has 0 radical (unpaired) electrons. The SMILES string of the molecule is CCCN(CCC)c1ccc2c(c1O)CCCC2. The van der Waals surface area contributed by atoms with Gasteiger partial charge < -0.3 is 10.0 Å². The van der Waals surface area contributed by atoms with Crippen molar-refractivity contribution in [2.45, 2.75) is 52.4 Å². The van der Waals surface area contributed by atoms with Gasteiger partial charge in [-0.25, -0.2) is 0 Å². The van der Waals surface area contributed by atoms with Gasteiger partial charge in [-0.3, -0.25) is 0 Å². The van der Waals surface area contributed by atoms with Crippen LogP contribution >= 0.6 is 0 Å². The van der Waals surface area contributed by atoms with Crippen LogP contribution < -0.4 is 4.90 Å². The summed E-state index contributed by atoms with van der Waals surface area (Å²) >= 11 is 0. The zero-order chi connectivity index (χ0) is 13.0. The lowest BCUT2D eigenvalue weighted by Gasteiger charge is -2.27. The van der Waals surface area contributed by atoms with Gasteiger partial charge >= 0.3 is 0 Å². The number of phenolic OH excluding ortho intramolecular Hbond substituents is 1. The van der Waals surface area contributed by atoms with Gasteiger partial charge in [-0.1, -0.05) is 19.9 Å². The van der Waals surface area contributed by atoms with Gasteiger partial charge in [-0.2, -0.15) is 0 Å². The van der Waals surface area contributed by atoms with E-state index >= 15 is 0 Å². The summed E-state index contributed by atoms with van der Waals surface area (Å²) in [7, 11) is 0. The Kier molecular flexibility index (Phi) is 4.51. The van der Waals surface area contributed by atoms with Gasteiger partial charge in [0.1, 0.15) is 5.75 Å². The Balaban J connectivity index is 2.31. The Hall–Kier alpha value is -1.18. The second-order valence-electron chi connectivity index (χ2n) is 5.27. The number of hydrogen-bond donors (Lipinski definition) is 1. The first kappa shape index (κ1) is 13.3. The van der Waals surface area contributed by atoms with E-state index in [0.29, 0.717) is 5.75 Å². The summed E-state index contributed by atoms with van der Waals surface area (Å²) in [6.45, 7) is 6.44. The molecule has 0 aliphatic heterocycles. The van der Waals surface area contributed by atoms with Crippen LogP contribution in [0.2, 0.25) is 0 Å². The maximum absolute atomic E-state index is 10.5. The maximum Gasteiger partial charge on any atom is 0.142 e. The highest BCUT2D eigenvalue weighted by Gasteiger charge is 2.18. The number of fused-ring (bicyclic) bond motifs is 1. The minimum Gasteiger partial charge on any atom is -0.505 e. The first-order valence-corrected chi connectivity index (χ1v) is 7.36. The molecule has 0 bridgehead atoms. The van der Waals surface area contributed by atoms with Crippen LogP contribution in [0.25, 0.3) is 0 Å². The van der Waals surface area contributed by atoms with Crippen molar-refractivity contribution in [3.63, 3.8) is 0 Å². The van der Waals surface area contributed by atoms with Crippen LogP contribution in [0.4, 0.5) is 5.69 Å². The van der Waals surface area contributed by atoms with Gasteiger partial charge in [0.15, 0.2) is 0 Å². The molecule has 0 fully saturated rings. The number of anilines is 1. The van der Waals surface area contributed by atoms with Gasteiger partial charge in [0.25, 0.3) is 0 Å². The molecule has 2 rings (SSSR count). The zero-order valence-corrected chi connectivity index (χ0v) is 11.7. The standard InChI is InChI=1S/C16H25NO/c1-3-11-17(12-4-2)15-10-9-13-7-5-6-8-14(13)16(15)18/h9-10,18H,3-8,11-12H2,1-2H3. The molecule has 0 atom stereocenters. The molecule has 0 amide bonds. The van der Waals surface area contributed by atoms with Crippen molar-refractivity contribution in [3.8, 4) is 5.75 Å². The highest BCUT2D eigenvalue weighted by Crippen LogP contribution is 2.37. The second kappa shape index (κ2) is 6.12. The van der Waals surface area contributed by atoms with E-state index in [9.17, 15) is 5.11 Å². The lowest BCUT2D eigenvalue weighted by Crippen LogP contribution is -2.25. The Labute approximate surface area is 111 Å². The van der Waals surface area contributed by atoms with E-state index in [-0.39, 0.29) is 0 Å². The van der Waals surface area contributed by atoms with Gasteiger partial charge in [0.05, 0.1) is 5.69 Å². The quantitative estimate of drug-likeness (QED) is 0.853. The fraction of sp³-hybridized carbons (Fsp3) is 0.625. The summed E-state index contributed by atoms with van der Waals surface area (Å²) in [5, 5.41) is 10.5. The predicted molar refractivity (Wildman–Crippen MR) is 77.5 cm³/mol. The molecule has 18 heavy (non-hydrogen) atoms. The summed E-state index contributed by atoms with van der Waals surface area (Å²) in [5.74, 6) is 0.550. The first-order valence-electron chi connectivity index (χ1n) is 7.36. The number of benzene rings is 1. The van der Waals surface area contributed by atoms with Crippen molar-refractivity contribution in [1.82, 2.24) is 0 Å². The predicted octanol–water partition coefficient (Wildman–Crippen LogP) is 3.90. The fourth-order valence-electron chi connectivity index (χ4n) is 2.94. The van der Waals surface area contributed by atoms with Crippen LogP contribution in [-0.4, -0.2) is 18.2 Å². The molecule has 1 aliphatic rings. The maximum atomic E-state index is 10.5. The van der Waals surface area contributed by atoms with Crippen molar-refractivity contribution in [3.05, 3.63) is 23.3 Å². The smallest absolute Gasteiger partial charge is 0.142 e. The minimum atomic E-state index is 0.550. The average Bonchev–Trinajstić information content (AvgIpc) is 2.39.